The van der Waals surface area contributed by atoms with E-state index < -0.39 is 0 Å². The summed E-state index contributed by atoms with van der Waals surface area (Å²) >= 11 is 6.79. The summed E-state index contributed by atoms with van der Waals surface area (Å²) in [5.41, 5.74) is 6.35. The Hall–Kier alpha value is -0.260. The first-order valence-corrected chi connectivity index (χ1v) is 6.03. The summed E-state index contributed by atoms with van der Waals surface area (Å²) in [6.45, 7) is 2.44. The molecule has 15 heavy (non-hydrogen) atoms. The van der Waals surface area contributed by atoms with Crippen LogP contribution in [0, 0.1) is 0 Å². The Morgan fingerprint density at radius 2 is 1.87 bits per heavy atom. The second-order valence-electron chi connectivity index (χ2n) is 3.17. The third kappa shape index (κ3) is 3.66. The van der Waals surface area contributed by atoms with Crippen LogP contribution in [0.5, 0.6) is 5.75 Å². The molecule has 0 amide bonds. The summed E-state index contributed by atoms with van der Waals surface area (Å²) in [7, 11) is 1.65. The van der Waals surface area contributed by atoms with Crippen molar-refractivity contribution in [3.05, 3.63) is 21.1 Å². The summed E-state index contributed by atoms with van der Waals surface area (Å²) in [5, 5.41) is 0. The molecule has 0 radical (unpaired) electrons. The quantitative estimate of drug-likeness (QED) is 0.857. The van der Waals surface area contributed by atoms with Crippen molar-refractivity contribution in [2.45, 2.75) is 13.0 Å². The number of ether oxygens (including phenoxy) is 2. The summed E-state index contributed by atoms with van der Waals surface area (Å²) < 4.78 is 12.4. The van der Waals surface area contributed by atoms with E-state index in [0.29, 0.717) is 12.3 Å². The zero-order chi connectivity index (χ0) is 11.4. The number of anilines is 1. The van der Waals surface area contributed by atoms with Gasteiger partial charge in [0.1, 0.15) is 12.4 Å². The maximum atomic E-state index is 5.67. The molecule has 1 aromatic rings. The highest BCUT2D eigenvalue weighted by Crippen LogP contribution is 2.35. The third-order valence-corrected chi connectivity index (χ3v) is 3.06. The van der Waals surface area contributed by atoms with E-state index in [-0.39, 0.29) is 6.10 Å². The van der Waals surface area contributed by atoms with Gasteiger partial charge in [0.05, 0.1) is 15.0 Å². The van der Waals surface area contributed by atoms with Crippen LogP contribution >= 0.6 is 31.9 Å². The summed E-state index contributed by atoms with van der Waals surface area (Å²) in [4.78, 5) is 0. The molecular formula is C10H13Br2NO2. The Labute approximate surface area is 106 Å². The maximum Gasteiger partial charge on any atom is 0.147 e. The monoisotopic (exact) mass is 337 g/mol. The van der Waals surface area contributed by atoms with E-state index in [0.717, 1.165) is 14.7 Å². The van der Waals surface area contributed by atoms with Gasteiger partial charge in [-0.25, -0.2) is 0 Å². The fourth-order valence-corrected chi connectivity index (χ4v) is 2.44. The van der Waals surface area contributed by atoms with Gasteiger partial charge in [-0.3, -0.25) is 0 Å². The molecule has 84 valence electrons. The SMILES string of the molecule is COC(C)COc1c(Br)cc(N)cc1Br. The van der Waals surface area contributed by atoms with Crippen LogP contribution in [0.3, 0.4) is 0 Å². The molecule has 1 unspecified atom stereocenters. The summed E-state index contributed by atoms with van der Waals surface area (Å²) in [5.74, 6) is 0.744. The van der Waals surface area contributed by atoms with Gasteiger partial charge >= 0.3 is 0 Å². The Kier molecular flexibility index (Phi) is 4.89. The topological polar surface area (TPSA) is 44.5 Å². The molecule has 0 fully saturated rings. The largest absolute Gasteiger partial charge is 0.489 e. The van der Waals surface area contributed by atoms with Crippen molar-refractivity contribution in [1.82, 2.24) is 0 Å². The van der Waals surface area contributed by atoms with Gasteiger partial charge in [0, 0.05) is 12.8 Å². The molecular weight excluding hydrogens is 326 g/mol. The van der Waals surface area contributed by atoms with Crippen molar-refractivity contribution >= 4 is 37.5 Å². The molecule has 0 bridgehead atoms. The van der Waals surface area contributed by atoms with E-state index in [2.05, 4.69) is 31.9 Å². The lowest BCUT2D eigenvalue weighted by Gasteiger charge is -2.14. The number of halogens is 2. The van der Waals surface area contributed by atoms with Gasteiger partial charge in [0.25, 0.3) is 0 Å². The number of rotatable bonds is 4. The van der Waals surface area contributed by atoms with Gasteiger partial charge in [-0.15, -0.1) is 0 Å². The molecule has 0 aliphatic heterocycles. The van der Waals surface area contributed by atoms with E-state index in [1.165, 1.54) is 0 Å². The predicted octanol–water partition coefficient (Wildman–Crippen LogP) is 3.21. The Bertz CT molecular complexity index is 321. The van der Waals surface area contributed by atoms with Crippen molar-refractivity contribution in [2.24, 2.45) is 0 Å². The van der Waals surface area contributed by atoms with Gasteiger partial charge in [-0.05, 0) is 50.9 Å². The van der Waals surface area contributed by atoms with Gasteiger partial charge in [0.2, 0.25) is 0 Å². The zero-order valence-corrected chi connectivity index (χ0v) is 11.8. The van der Waals surface area contributed by atoms with Crippen molar-refractivity contribution < 1.29 is 9.47 Å². The van der Waals surface area contributed by atoms with E-state index in [9.17, 15) is 0 Å². The van der Waals surface area contributed by atoms with Crippen molar-refractivity contribution in [1.29, 1.82) is 0 Å². The fraction of sp³-hybridized carbons (Fsp3) is 0.400. The van der Waals surface area contributed by atoms with Crippen LogP contribution in [0.4, 0.5) is 5.69 Å². The molecule has 2 N–H and O–H groups in total. The molecule has 0 aromatic heterocycles. The number of nitrogen functional groups attached to an aromatic ring is 1. The Morgan fingerprint density at radius 3 is 2.33 bits per heavy atom. The number of methoxy groups -OCH3 is 1. The zero-order valence-electron chi connectivity index (χ0n) is 8.59. The van der Waals surface area contributed by atoms with Crippen molar-refractivity contribution in [3.63, 3.8) is 0 Å². The van der Waals surface area contributed by atoms with Crippen LogP contribution in [0.2, 0.25) is 0 Å². The van der Waals surface area contributed by atoms with E-state index in [4.69, 9.17) is 15.2 Å². The molecule has 0 heterocycles. The minimum atomic E-state index is 0.0568. The molecule has 0 saturated heterocycles. The second kappa shape index (κ2) is 5.72. The van der Waals surface area contributed by atoms with Crippen LogP contribution in [-0.2, 0) is 4.74 Å². The normalized spacial score (nSPS) is 12.5. The number of hydrogen-bond donors (Lipinski definition) is 1. The molecule has 1 aromatic carbocycles. The van der Waals surface area contributed by atoms with Crippen LogP contribution in [0.25, 0.3) is 0 Å². The highest BCUT2D eigenvalue weighted by atomic mass is 79.9. The second-order valence-corrected chi connectivity index (χ2v) is 4.88. The molecule has 0 spiro atoms. The van der Waals surface area contributed by atoms with Crippen molar-refractivity contribution in [2.75, 3.05) is 19.5 Å². The number of hydrogen-bond acceptors (Lipinski definition) is 3. The number of benzene rings is 1. The minimum absolute atomic E-state index is 0.0568. The van der Waals surface area contributed by atoms with E-state index in [1.807, 2.05) is 6.92 Å². The van der Waals surface area contributed by atoms with Gasteiger partial charge < -0.3 is 15.2 Å². The summed E-state index contributed by atoms with van der Waals surface area (Å²) in [6.07, 6.45) is 0.0568. The van der Waals surface area contributed by atoms with E-state index in [1.54, 1.807) is 19.2 Å². The van der Waals surface area contributed by atoms with Crippen LogP contribution in [0.1, 0.15) is 6.92 Å². The molecule has 1 rings (SSSR count). The Morgan fingerprint density at radius 1 is 1.33 bits per heavy atom. The van der Waals surface area contributed by atoms with Crippen LogP contribution in [-0.4, -0.2) is 19.8 Å². The van der Waals surface area contributed by atoms with Gasteiger partial charge in [0.15, 0.2) is 0 Å². The van der Waals surface area contributed by atoms with Crippen LogP contribution < -0.4 is 10.5 Å². The first-order chi connectivity index (χ1) is 7.04. The molecule has 1 atom stereocenters. The molecule has 5 heteroatoms. The van der Waals surface area contributed by atoms with Gasteiger partial charge in [-0.1, -0.05) is 0 Å². The van der Waals surface area contributed by atoms with Crippen LogP contribution in [0.15, 0.2) is 21.1 Å². The highest BCUT2D eigenvalue weighted by molar-refractivity contribution is 9.11. The van der Waals surface area contributed by atoms with E-state index >= 15 is 0 Å². The first-order valence-electron chi connectivity index (χ1n) is 4.44. The average Bonchev–Trinajstić information content (AvgIpc) is 2.15. The maximum absolute atomic E-state index is 5.67. The first kappa shape index (κ1) is 12.8. The predicted molar refractivity (Wildman–Crippen MR) is 68.2 cm³/mol. The fourth-order valence-electron chi connectivity index (χ4n) is 0.986. The molecule has 0 saturated carbocycles. The minimum Gasteiger partial charge on any atom is -0.489 e. The molecule has 0 aliphatic rings. The lowest BCUT2D eigenvalue weighted by molar-refractivity contribution is 0.0711. The van der Waals surface area contributed by atoms with Crippen molar-refractivity contribution in [3.8, 4) is 5.75 Å². The van der Waals surface area contributed by atoms with Gasteiger partial charge in [-0.2, -0.15) is 0 Å². The lowest BCUT2D eigenvalue weighted by Crippen LogP contribution is -2.16. The Balaban J connectivity index is 2.77. The third-order valence-electron chi connectivity index (χ3n) is 1.89. The summed E-state index contributed by atoms with van der Waals surface area (Å²) in [6, 6.07) is 3.61. The standard InChI is InChI=1S/C10H13Br2NO2/c1-6(14-2)5-15-10-8(11)3-7(13)4-9(10)12/h3-4,6H,5,13H2,1-2H3. The lowest BCUT2D eigenvalue weighted by atomic mass is 10.3. The molecule has 3 nitrogen and oxygen atoms in total. The number of nitrogens with two attached hydrogens (primary N) is 1. The smallest absolute Gasteiger partial charge is 0.147 e. The molecule has 0 aliphatic carbocycles. The average molecular weight is 339 g/mol. The highest BCUT2D eigenvalue weighted by Gasteiger charge is 2.09.